The van der Waals surface area contributed by atoms with Crippen molar-refractivity contribution in [3.8, 4) is 0 Å². The van der Waals surface area contributed by atoms with E-state index in [1.54, 1.807) is 0 Å². The first-order chi connectivity index (χ1) is 10.7. The van der Waals surface area contributed by atoms with E-state index in [1.807, 2.05) is 18.2 Å². The lowest BCUT2D eigenvalue weighted by Crippen LogP contribution is -2.21. The second-order valence-corrected chi connectivity index (χ2v) is 6.25. The summed E-state index contributed by atoms with van der Waals surface area (Å²) in [5.74, 6) is 0. The highest BCUT2D eigenvalue weighted by Gasteiger charge is 2.32. The lowest BCUT2D eigenvalue weighted by molar-refractivity contribution is 0.966. The van der Waals surface area contributed by atoms with Crippen LogP contribution in [0.1, 0.15) is 16.7 Å². The monoisotopic (exact) mass is 382 g/mol. The molecule has 0 aliphatic rings. The third-order valence-electron chi connectivity index (χ3n) is 4.06. The fourth-order valence-corrected chi connectivity index (χ4v) is 3.34. The van der Waals surface area contributed by atoms with Gasteiger partial charge in [-0.25, -0.2) is 0 Å². The normalized spacial score (nSPS) is 10.7. The molecule has 3 aromatic carbocycles. The Morgan fingerprint density at radius 2 is 1.00 bits per heavy atom. The second kappa shape index (κ2) is 7.73. The summed E-state index contributed by atoms with van der Waals surface area (Å²) in [6, 6.07) is 31.4. The summed E-state index contributed by atoms with van der Waals surface area (Å²) in [5, 5.41) is -0.329. The minimum Gasteiger partial charge on any atom is -0.117 e. The molecule has 1 unspecified atom stereocenters. The van der Waals surface area contributed by atoms with E-state index in [9.17, 15) is 0 Å². The van der Waals surface area contributed by atoms with Crippen molar-refractivity contribution in [3.63, 3.8) is 0 Å². The highest BCUT2D eigenvalue weighted by Crippen LogP contribution is 2.48. The summed E-state index contributed by atoms with van der Waals surface area (Å²) >= 11 is 0. The average molecular weight is 383 g/mol. The van der Waals surface area contributed by atoms with Crippen LogP contribution in [0.3, 0.4) is 0 Å². The fourth-order valence-electron chi connectivity index (χ4n) is 2.78. The number of halogens is 1. The lowest BCUT2D eigenvalue weighted by Gasteiger charge is -2.33. The largest absolute Gasteiger partial charge is 0.117 e. The zero-order valence-corrected chi connectivity index (χ0v) is 15.7. The first-order valence-corrected chi connectivity index (χ1v) is 7.95. The summed E-state index contributed by atoms with van der Waals surface area (Å²) in [5.41, 5.74) is 4.68. The summed E-state index contributed by atoms with van der Waals surface area (Å²) in [6.07, 6.45) is 0. The van der Waals surface area contributed by atoms with E-state index in [2.05, 4.69) is 88.6 Å². The first kappa shape index (κ1) is 17.7. The van der Waals surface area contributed by atoms with Crippen LogP contribution in [-0.2, 0) is 5.16 Å². The van der Waals surface area contributed by atoms with Crippen LogP contribution < -0.4 is 0 Å². The smallest absolute Gasteiger partial charge is 0.0591 e. The summed E-state index contributed by atoms with van der Waals surface area (Å²) in [4.78, 5) is 0. The van der Waals surface area contributed by atoms with Gasteiger partial charge in [-0.3, -0.25) is 0 Å². The Hall–Kier alpha value is -1.69. The molecule has 116 valence electrons. The van der Waals surface area contributed by atoms with Crippen molar-refractivity contribution >= 4 is 31.8 Å². The molecule has 0 aromatic heterocycles. The molecule has 0 N–H and O–H groups in total. The lowest BCUT2D eigenvalue weighted by atomic mass is 9.81. The van der Waals surface area contributed by atoms with Gasteiger partial charge in [0.1, 0.15) is 0 Å². The molecular weight excluding hydrogens is 363 g/mol. The molecular formula is C21H20BrP. The summed E-state index contributed by atoms with van der Waals surface area (Å²) in [7, 11) is 3.03. The molecule has 0 saturated carbocycles. The van der Waals surface area contributed by atoms with Gasteiger partial charge in [0.25, 0.3) is 0 Å². The highest BCUT2D eigenvalue weighted by molar-refractivity contribution is 8.93. The molecule has 0 spiro atoms. The zero-order valence-electron chi connectivity index (χ0n) is 12.9. The molecule has 0 nitrogen and oxygen atoms in total. The van der Waals surface area contributed by atoms with Crippen LogP contribution in [0.5, 0.6) is 0 Å². The van der Waals surface area contributed by atoms with Gasteiger partial charge in [0, 0.05) is 0 Å². The molecule has 0 amide bonds. The van der Waals surface area contributed by atoms with E-state index in [0.717, 1.165) is 11.1 Å². The maximum Gasteiger partial charge on any atom is 0.0591 e. The van der Waals surface area contributed by atoms with Gasteiger partial charge < -0.3 is 0 Å². The molecule has 0 aliphatic carbocycles. The molecule has 1 atom stereocenters. The SMILES string of the molecule is Br.C=C(c1ccccc1)C(P)(c1ccccc1)c1ccccc1. The van der Waals surface area contributed by atoms with Crippen LogP contribution in [0.25, 0.3) is 5.57 Å². The molecule has 0 saturated heterocycles. The van der Waals surface area contributed by atoms with Crippen molar-refractivity contribution in [2.24, 2.45) is 0 Å². The van der Waals surface area contributed by atoms with E-state index in [4.69, 9.17) is 0 Å². The van der Waals surface area contributed by atoms with Crippen LogP contribution in [0.2, 0.25) is 0 Å². The van der Waals surface area contributed by atoms with Gasteiger partial charge in [-0.15, -0.1) is 26.2 Å². The number of rotatable bonds is 4. The van der Waals surface area contributed by atoms with Crippen molar-refractivity contribution in [3.05, 3.63) is 114 Å². The molecule has 3 aromatic rings. The van der Waals surface area contributed by atoms with Crippen LogP contribution in [-0.4, -0.2) is 0 Å². The standard InChI is InChI=1S/C21H19P.BrH/c1-17(18-11-5-2-6-12-18)21(22,19-13-7-3-8-14-19)20-15-9-4-10-16-20;/h2-16H,1,22H2;1H. The first-order valence-electron chi connectivity index (χ1n) is 7.37. The van der Waals surface area contributed by atoms with Crippen molar-refractivity contribution in [1.29, 1.82) is 0 Å². The van der Waals surface area contributed by atoms with Gasteiger partial charge in [-0.1, -0.05) is 97.6 Å². The molecule has 3 rings (SSSR count). The Morgan fingerprint density at radius 1 is 0.652 bits per heavy atom. The number of allylic oxidation sites excluding steroid dienone is 1. The minimum absolute atomic E-state index is 0. The van der Waals surface area contributed by atoms with Crippen LogP contribution in [0.15, 0.2) is 97.6 Å². The average Bonchev–Trinajstić information content (AvgIpc) is 2.62. The van der Waals surface area contributed by atoms with E-state index >= 15 is 0 Å². The summed E-state index contributed by atoms with van der Waals surface area (Å²) in [6.45, 7) is 4.43. The molecule has 0 heterocycles. The van der Waals surface area contributed by atoms with Crippen LogP contribution in [0.4, 0.5) is 0 Å². The zero-order chi connectivity index (χ0) is 15.4. The fraction of sp³-hybridized carbons (Fsp3) is 0.0476. The van der Waals surface area contributed by atoms with Gasteiger partial charge in [0.15, 0.2) is 0 Å². The van der Waals surface area contributed by atoms with E-state index in [-0.39, 0.29) is 22.1 Å². The predicted octanol–water partition coefficient (Wildman–Crippen LogP) is 6.10. The maximum atomic E-state index is 4.43. The third-order valence-corrected chi connectivity index (χ3v) is 5.07. The van der Waals surface area contributed by atoms with Gasteiger partial charge >= 0.3 is 0 Å². The maximum absolute atomic E-state index is 4.43. The van der Waals surface area contributed by atoms with Crippen molar-refractivity contribution < 1.29 is 0 Å². The van der Waals surface area contributed by atoms with Gasteiger partial charge in [0.05, 0.1) is 5.16 Å². The van der Waals surface area contributed by atoms with Crippen molar-refractivity contribution in [1.82, 2.24) is 0 Å². The van der Waals surface area contributed by atoms with Crippen LogP contribution >= 0.6 is 26.2 Å². The molecule has 0 radical (unpaired) electrons. The highest BCUT2D eigenvalue weighted by atomic mass is 79.9. The quantitative estimate of drug-likeness (QED) is 0.478. The molecule has 0 fully saturated rings. The number of benzene rings is 3. The van der Waals surface area contributed by atoms with Crippen molar-refractivity contribution in [2.75, 3.05) is 0 Å². The molecule has 23 heavy (non-hydrogen) atoms. The minimum atomic E-state index is -0.329. The van der Waals surface area contributed by atoms with Gasteiger partial charge in [0.2, 0.25) is 0 Å². The number of hydrogen-bond acceptors (Lipinski definition) is 0. The van der Waals surface area contributed by atoms with E-state index < -0.39 is 0 Å². The van der Waals surface area contributed by atoms with Gasteiger partial charge in [-0.05, 0) is 22.3 Å². The predicted molar refractivity (Wildman–Crippen MR) is 109 cm³/mol. The van der Waals surface area contributed by atoms with Gasteiger partial charge in [-0.2, -0.15) is 0 Å². The Kier molecular flexibility index (Phi) is 5.93. The molecule has 0 aliphatic heterocycles. The number of hydrogen-bond donors (Lipinski definition) is 0. The Bertz CT molecular complexity index is 712. The van der Waals surface area contributed by atoms with E-state index in [0.29, 0.717) is 0 Å². The second-order valence-electron chi connectivity index (χ2n) is 5.38. The Morgan fingerprint density at radius 3 is 1.39 bits per heavy atom. The van der Waals surface area contributed by atoms with Crippen LogP contribution in [0, 0.1) is 0 Å². The Balaban J connectivity index is 0.00000192. The summed E-state index contributed by atoms with van der Waals surface area (Å²) < 4.78 is 0. The van der Waals surface area contributed by atoms with Crippen molar-refractivity contribution in [2.45, 2.75) is 5.16 Å². The molecule has 0 bridgehead atoms. The Labute approximate surface area is 151 Å². The third kappa shape index (κ3) is 3.47. The topological polar surface area (TPSA) is 0 Å². The molecule has 2 heteroatoms. The van der Waals surface area contributed by atoms with E-state index in [1.165, 1.54) is 11.1 Å².